The van der Waals surface area contributed by atoms with Crippen molar-refractivity contribution in [1.82, 2.24) is 10.2 Å². The molecule has 16 heavy (non-hydrogen) atoms. The van der Waals surface area contributed by atoms with E-state index in [4.69, 9.17) is 5.11 Å². The summed E-state index contributed by atoms with van der Waals surface area (Å²) in [5.74, 6) is -0.976. The average Bonchev–Trinajstić information content (AvgIpc) is 2.86. The summed E-state index contributed by atoms with van der Waals surface area (Å²) in [7, 11) is 0. The number of rotatable bonds is 3. The molecule has 6 heteroatoms. The summed E-state index contributed by atoms with van der Waals surface area (Å²) in [6.45, 7) is 0. The average molecular weight is 223 g/mol. The molecule has 0 unspecified atom stereocenters. The van der Waals surface area contributed by atoms with Crippen molar-refractivity contribution < 1.29 is 14.7 Å². The number of nitrogens with zero attached hydrogens (tertiary/aromatic N) is 1. The fourth-order valence-electron chi connectivity index (χ4n) is 2.00. The van der Waals surface area contributed by atoms with E-state index < -0.39 is 5.97 Å². The number of carboxylic acid groups (broad SMARTS) is 1. The number of hydrogen-bond acceptors (Lipinski definition) is 3. The summed E-state index contributed by atoms with van der Waals surface area (Å²) in [5, 5.41) is 17.8. The first-order valence-electron chi connectivity index (χ1n) is 5.20. The van der Waals surface area contributed by atoms with Gasteiger partial charge in [0.15, 0.2) is 0 Å². The van der Waals surface area contributed by atoms with Gasteiger partial charge in [-0.3, -0.25) is 14.7 Å². The Labute approximate surface area is 92.0 Å². The molecule has 1 amide bonds. The summed E-state index contributed by atoms with van der Waals surface area (Å²) < 4.78 is 0. The zero-order valence-electron chi connectivity index (χ0n) is 8.64. The summed E-state index contributed by atoms with van der Waals surface area (Å²) in [6, 6.07) is 1.65. The van der Waals surface area contributed by atoms with Gasteiger partial charge in [-0.15, -0.1) is 0 Å². The standard InChI is InChI=1S/C10H13N3O3/c14-9(12-8-3-4-11-13-8)6-1-2-7(5-6)10(15)16/h3-4,6-7H,1-2,5H2,(H,15,16)(H2,11,12,13,14)/t6-,7+/m1/s1. The maximum atomic E-state index is 11.7. The Hall–Kier alpha value is -1.85. The molecule has 1 aliphatic rings. The molecular weight excluding hydrogens is 210 g/mol. The van der Waals surface area contributed by atoms with Crippen LogP contribution < -0.4 is 5.32 Å². The molecule has 6 nitrogen and oxygen atoms in total. The minimum Gasteiger partial charge on any atom is -0.481 e. The third kappa shape index (κ3) is 2.21. The number of carbonyl (C=O) groups excluding carboxylic acids is 1. The number of aliphatic carboxylic acids is 1. The van der Waals surface area contributed by atoms with E-state index in [2.05, 4.69) is 15.5 Å². The monoisotopic (exact) mass is 223 g/mol. The lowest BCUT2D eigenvalue weighted by Gasteiger charge is -2.08. The van der Waals surface area contributed by atoms with E-state index in [-0.39, 0.29) is 17.7 Å². The molecule has 0 aromatic carbocycles. The zero-order valence-corrected chi connectivity index (χ0v) is 8.64. The second kappa shape index (κ2) is 4.34. The van der Waals surface area contributed by atoms with E-state index in [1.807, 2.05) is 0 Å². The van der Waals surface area contributed by atoms with Gasteiger partial charge in [0.1, 0.15) is 5.82 Å². The minimum atomic E-state index is -0.808. The van der Waals surface area contributed by atoms with E-state index in [1.165, 1.54) is 0 Å². The number of aromatic amines is 1. The second-order valence-corrected chi connectivity index (χ2v) is 4.00. The van der Waals surface area contributed by atoms with E-state index in [0.29, 0.717) is 25.1 Å². The van der Waals surface area contributed by atoms with Crippen molar-refractivity contribution in [3.05, 3.63) is 12.3 Å². The van der Waals surface area contributed by atoms with E-state index in [1.54, 1.807) is 12.3 Å². The van der Waals surface area contributed by atoms with Crippen LogP contribution in [0.2, 0.25) is 0 Å². The Morgan fingerprint density at radius 1 is 1.44 bits per heavy atom. The van der Waals surface area contributed by atoms with Gasteiger partial charge in [0.2, 0.25) is 5.91 Å². The molecule has 3 N–H and O–H groups in total. The van der Waals surface area contributed by atoms with E-state index in [0.717, 1.165) is 0 Å². The van der Waals surface area contributed by atoms with Crippen LogP contribution in [0.4, 0.5) is 5.82 Å². The highest BCUT2D eigenvalue weighted by molar-refractivity contribution is 5.92. The number of carboxylic acids is 1. The highest BCUT2D eigenvalue weighted by atomic mass is 16.4. The van der Waals surface area contributed by atoms with Crippen LogP contribution in [0, 0.1) is 11.8 Å². The Morgan fingerprint density at radius 3 is 2.75 bits per heavy atom. The van der Waals surface area contributed by atoms with Gasteiger partial charge in [-0.25, -0.2) is 0 Å². The van der Waals surface area contributed by atoms with Crippen LogP contribution in [-0.2, 0) is 9.59 Å². The van der Waals surface area contributed by atoms with Crippen LogP contribution in [0.25, 0.3) is 0 Å². The second-order valence-electron chi connectivity index (χ2n) is 4.00. The first-order chi connectivity index (χ1) is 7.66. The number of nitrogens with one attached hydrogen (secondary N) is 2. The van der Waals surface area contributed by atoms with Crippen molar-refractivity contribution in [2.24, 2.45) is 11.8 Å². The molecule has 1 aromatic heterocycles. The highest BCUT2D eigenvalue weighted by Gasteiger charge is 2.33. The summed E-state index contributed by atoms with van der Waals surface area (Å²) in [4.78, 5) is 22.5. The number of carbonyl (C=O) groups is 2. The molecular formula is C10H13N3O3. The Kier molecular flexibility index (Phi) is 2.89. The van der Waals surface area contributed by atoms with Crippen LogP contribution in [-0.4, -0.2) is 27.2 Å². The van der Waals surface area contributed by atoms with Gasteiger partial charge >= 0.3 is 5.97 Å². The first kappa shape index (κ1) is 10.7. The zero-order chi connectivity index (χ0) is 11.5. The van der Waals surface area contributed by atoms with Gasteiger partial charge in [-0.2, -0.15) is 5.10 Å². The van der Waals surface area contributed by atoms with Crippen LogP contribution >= 0.6 is 0 Å². The fourth-order valence-corrected chi connectivity index (χ4v) is 2.00. The molecule has 86 valence electrons. The van der Waals surface area contributed by atoms with Gasteiger partial charge in [-0.05, 0) is 19.3 Å². The molecule has 0 bridgehead atoms. The lowest BCUT2D eigenvalue weighted by molar-refractivity contribution is -0.141. The smallest absolute Gasteiger partial charge is 0.306 e. The van der Waals surface area contributed by atoms with Gasteiger partial charge in [0.25, 0.3) is 0 Å². The van der Waals surface area contributed by atoms with Crippen molar-refractivity contribution >= 4 is 17.7 Å². The van der Waals surface area contributed by atoms with Crippen molar-refractivity contribution in [3.8, 4) is 0 Å². The number of H-pyrrole nitrogens is 1. The highest BCUT2D eigenvalue weighted by Crippen LogP contribution is 2.31. The first-order valence-corrected chi connectivity index (χ1v) is 5.20. The molecule has 1 saturated carbocycles. The normalized spacial score (nSPS) is 24.2. The van der Waals surface area contributed by atoms with E-state index in [9.17, 15) is 9.59 Å². The maximum Gasteiger partial charge on any atom is 0.306 e. The predicted molar refractivity (Wildman–Crippen MR) is 55.7 cm³/mol. The summed E-state index contributed by atoms with van der Waals surface area (Å²) in [5.41, 5.74) is 0. The predicted octanol–water partition coefficient (Wildman–Crippen LogP) is 0.849. The molecule has 2 atom stereocenters. The van der Waals surface area contributed by atoms with Gasteiger partial charge in [0, 0.05) is 12.0 Å². The van der Waals surface area contributed by atoms with Gasteiger partial charge in [-0.1, -0.05) is 0 Å². The topological polar surface area (TPSA) is 95.1 Å². The summed E-state index contributed by atoms with van der Waals surface area (Å²) >= 11 is 0. The lowest BCUT2D eigenvalue weighted by Crippen LogP contribution is -2.21. The molecule has 1 heterocycles. The van der Waals surface area contributed by atoms with Crippen LogP contribution in [0.15, 0.2) is 12.3 Å². The number of amides is 1. The molecule has 0 saturated heterocycles. The van der Waals surface area contributed by atoms with Crippen LogP contribution in [0.5, 0.6) is 0 Å². The Morgan fingerprint density at radius 2 is 2.19 bits per heavy atom. The van der Waals surface area contributed by atoms with Crippen molar-refractivity contribution in [1.29, 1.82) is 0 Å². The molecule has 0 aliphatic heterocycles. The third-order valence-electron chi connectivity index (χ3n) is 2.91. The van der Waals surface area contributed by atoms with Crippen molar-refractivity contribution in [3.63, 3.8) is 0 Å². The maximum absolute atomic E-state index is 11.7. The van der Waals surface area contributed by atoms with Crippen molar-refractivity contribution in [2.75, 3.05) is 5.32 Å². The Balaban J connectivity index is 1.90. The number of anilines is 1. The Bertz CT molecular complexity index is 388. The van der Waals surface area contributed by atoms with Crippen molar-refractivity contribution in [2.45, 2.75) is 19.3 Å². The van der Waals surface area contributed by atoms with Gasteiger partial charge < -0.3 is 10.4 Å². The largest absolute Gasteiger partial charge is 0.481 e. The molecule has 2 rings (SSSR count). The quantitative estimate of drug-likeness (QED) is 0.707. The van der Waals surface area contributed by atoms with Gasteiger partial charge in [0.05, 0.1) is 12.1 Å². The lowest BCUT2D eigenvalue weighted by atomic mass is 10.0. The van der Waals surface area contributed by atoms with Crippen LogP contribution in [0.1, 0.15) is 19.3 Å². The molecule has 0 radical (unpaired) electrons. The molecule has 1 aromatic rings. The molecule has 0 spiro atoms. The third-order valence-corrected chi connectivity index (χ3v) is 2.91. The number of hydrogen-bond donors (Lipinski definition) is 3. The number of aromatic nitrogens is 2. The molecule has 1 aliphatic carbocycles. The molecule has 1 fully saturated rings. The van der Waals surface area contributed by atoms with E-state index >= 15 is 0 Å². The fraction of sp³-hybridized carbons (Fsp3) is 0.500. The summed E-state index contributed by atoms with van der Waals surface area (Å²) in [6.07, 6.45) is 3.19. The SMILES string of the molecule is O=C(O)[C@H]1CC[C@@H](C(=O)Nc2ccn[nH]2)C1. The van der Waals surface area contributed by atoms with Crippen LogP contribution in [0.3, 0.4) is 0 Å². The minimum absolute atomic E-state index is 0.131.